The molecule has 0 unspecified atom stereocenters. The molecule has 3 nitrogen and oxygen atoms in total. The van der Waals surface area contributed by atoms with Gasteiger partial charge in [-0.15, -0.1) is 0 Å². The topological polar surface area (TPSA) is 55.1 Å². The first kappa shape index (κ1) is 13.1. The van der Waals surface area contributed by atoms with Gasteiger partial charge in [-0.3, -0.25) is 4.79 Å². The van der Waals surface area contributed by atoms with Gasteiger partial charge in [0.15, 0.2) is 0 Å². The average Bonchev–Trinajstić information content (AvgIpc) is 3.09. The number of benzene rings is 1. The summed E-state index contributed by atoms with van der Waals surface area (Å²) in [5.41, 5.74) is 6.59. The minimum absolute atomic E-state index is 0.355. The zero-order valence-corrected chi connectivity index (χ0v) is 10.6. The van der Waals surface area contributed by atoms with Crippen molar-refractivity contribution >= 4 is 19.2 Å². The fraction of sp³-hybridized carbons (Fsp3) is 0.462. The summed E-state index contributed by atoms with van der Waals surface area (Å²) in [6.45, 7) is 1.29. The number of nitrogens with one attached hydrogen (secondary N) is 1. The number of carbonyl (C=O) groups excluding carboxylic acids is 1. The van der Waals surface area contributed by atoms with Crippen LogP contribution in [0.4, 0.5) is 4.39 Å². The summed E-state index contributed by atoms with van der Waals surface area (Å²) in [6, 6.07) is 4.89. The van der Waals surface area contributed by atoms with Gasteiger partial charge in [-0.1, -0.05) is 17.6 Å². The zero-order valence-electron chi connectivity index (χ0n) is 10.6. The van der Waals surface area contributed by atoms with Gasteiger partial charge in [0.05, 0.1) is 5.92 Å². The Morgan fingerprint density at radius 2 is 2.28 bits per heavy atom. The molecule has 1 aromatic rings. The van der Waals surface area contributed by atoms with Crippen molar-refractivity contribution in [3.05, 3.63) is 29.6 Å². The lowest BCUT2D eigenvalue weighted by atomic mass is 9.90. The van der Waals surface area contributed by atoms with Crippen LogP contribution >= 0.6 is 0 Å². The minimum Gasteiger partial charge on any atom is -0.369 e. The van der Waals surface area contributed by atoms with E-state index in [0.29, 0.717) is 12.1 Å². The van der Waals surface area contributed by atoms with Crippen molar-refractivity contribution < 1.29 is 9.18 Å². The zero-order chi connectivity index (χ0) is 13.1. The Bertz CT molecular complexity index is 449. The maximum Gasteiger partial charge on any atom is 0.226 e. The Hall–Kier alpha value is -1.36. The first-order valence-electron chi connectivity index (χ1n) is 6.34. The van der Waals surface area contributed by atoms with Crippen LogP contribution in [0.5, 0.6) is 0 Å². The third kappa shape index (κ3) is 3.32. The molecule has 96 valence electrons. The number of rotatable bonds is 6. The van der Waals surface area contributed by atoms with Crippen LogP contribution < -0.4 is 16.5 Å². The summed E-state index contributed by atoms with van der Waals surface area (Å²) in [5, 5.41) is 3.20. The molecule has 0 saturated heterocycles. The first-order valence-corrected chi connectivity index (χ1v) is 6.34. The second-order valence-electron chi connectivity index (χ2n) is 5.08. The molecule has 0 radical (unpaired) electrons. The molecule has 2 rings (SSSR count). The van der Waals surface area contributed by atoms with Crippen molar-refractivity contribution in [2.75, 3.05) is 13.1 Å². The molecule has 0 aromatic heterocycles. The number of amides is 1. The third-order valence-corrected chi connectivity index (χ3v) is 3.35. The fourth-order valence-corrected chi connectivity index (χ4v) is 2.03. The van der Waals surface area contributed by atoms with Crippen LogP contribution in [0.25, 0.3) is 0 Å². The number of carbonyl (C=O) groups is 1. The van der Waals surface area contributed by atoms with Crippen LogP contribution in [-0.4, -0.2) is 26.8 Å². The molecule has 18 heavy (non-hydrogen) atoms. The summed E-state index contributed by atoms with van der Waals surface area (Å²) >= 11 is 0. The van der Waals surface area contributed by atoms with E-state index in [1.165, 1.54) is 18.9 Å². The minimum atomic E-state index is -0.593. The third-order valence-electron chi connectivity index (χ3n) is 3.35. The van der Waals surface area contributed by atoms with Gasteiger partial charge in [-0.05, 0) is 31.4 Å². The van der Waals surface area contributed by atoms with Gasteiger partial charge < -0.3 is 11.1 Å². The van der Waals surface area contributed by atoms with Crippen LogP contribution in [0.15, 0.2) is 18.2 Å². The molecule has 1 aliphatic rings. The van der Waals surface area contributed by atoms with Crippen molar-refractivity contribution in [2.24, 2.45) is 11.7 Å². The van der Waals surface area contributed by atoms with Crippen LogP contribution in [0.1, 0.15) is 24.3 Å². The molecule has 5 heteroatoms. The van der Waals surface area contributed by atoms with Crippen molar-refractivity contribution in [3.8, 4) is 0 Å². The van der Waals surface area contributed by atoms with Crippen molar-refractivity contribution in [1.82, 2.24) is 5.32 Å². The maximum absolute atomic E-state index is 13.8. The lowest BCUT2D eigenvalue weighted by Gasteiger charge is -2.16. The monoisotopic (exact) mass is 248 g/mol. The highest BCUT2D eigenvalue weighted by Gasteiger charge is 2.24. The van der Waals surface area contributed by atoms with E-state index in [1.807, 2.05) is 7.85 Å². The molecule has 1 fully saturated rings. The van der Waals surface area contributed by atoms with E-state index < -0.39 is 11.8 Å². The van der Waals surface area contributed by atoms with Gasteiger partial charge in [-0.25, -0.2) is 4.39 Å². The van der Waals surface area contributed by atoms with Gasteiger partial charge in [0.1, 0.15) is 13.7 Å². The molecule has 1 aliphatic carbocycles. The largest absolute Gasteiger partial charge is 0.369 e. The van der Waals surface area contributed by atoms with Crippen molar-refractivity contribution in [1.29, 1.82) is 0 Å². The molecule has 0 aliphatic heterocycles. The summed E-state index contributed by atoms with van der Waals surface area (Å²) in [4.78, 5) is 11.4. The van der Waals surface area contributed by atoms with Crippen LogP contribution in [-0.2, 0) is 4.79 Å². The van der Waals surface area contributed by atoms with Crippen molar-refractivity contribution in [3.63, 3.8) is 0 Å². The molecule has 0 bridgehead atoms. The van der Waals surface area contributed by atoms with E-state index >= 15 is 0 Å². The summed E-state index contributed by atoms with van der Waals surface area (Å²) < 4.78 is 13.8. The fourth-order valence-electron chi connectivity index (χ4n) is 2.03. The first-order chi connectivity index (χ1) is 8.58. The normalized spacial score (nSPS) is 16.5. The van der Waals surface area contributed by atoms with E-state index in [-0.39, 0.29) is 5.82 Å². The molecule has 0 spiro atoms. The van der Waals surface area contributed by atoms with Gasteiger partial charge in [0.25, 0.3) is 0 Å². The molecular weight excluding hydrogens is 230 g/mol. The second-order valence-corrected chi connectivity index (χ2v) is 5.08. The van der Waals surface area contributed by atoms with E-state index in [9.17, 15) is 9.18 Å². The summed E-state index contributed by atoms with van der Waals surface area (Å²) in [5.74, 6) is -0.709. The molecule has 1 amide bonds. The van der Waals surface area contributed by atoms with Crippen LogP contribution in [0.2, 0.25) is 0 Å². The lowest BCUT2D eigenvalue weighted by Crippen LogP contribution is -2.33. The predicted octanol–water partition coefficient (Wildman–Crippen LogP) is -0.347. The highest BCUT2D eigenvalue weighted by Crippen LogP contribution is 2.27. The van der Waals surface area contributed by atoms with E-state index in [2.05, 4.69) is 5.32 Å². The average molecular weight is 248 g/mol. The Morgan fingerprint density at radius 3 is 2.83 bits per heavy atom. The van der Waals surface area contributed by atoms with E-state index in [4.69, 9.17) is 5.73 Å². The summed E-state index contributed by atoms with van der Waals surface area (Å²) in [7, 11) is 1.82. The lowest BCUT2D eigenvalue weighted by molar-refractivity contribution is -0.119. The Morgan fingerprint density at radius 1 is 1.56 bits per heavy atom. The SMILES string of the molecule is Bc1ccc([C@@H](CNCC2CC2)C(N)=O)c(F)c1. The second kappa shape index (κ2) is 5.52. The highest BCUT2D eigenvalue weighted by atomic mass is 19.1. The molecule has 1 atom stereocenters. The Kier molecular flexibility index (Phi) is 4.02. The van der Waals surface area contributed by atoms with Gasteiger partial charge >= 0.3 is 0 Å². The Labute approximate surface area is 107 Å². The standard InChI is InChI=1S/C13H18BFN2O/c14-9-3-4-10(12(15)5-9)11(13(16)18)7-17-6-8-1-2-8/h3-5,8,11,17H,1-2,6-7,14H2,(H2,16,18)/t11-/m1/s1. The smallest absolute Gasteiger partial charge is 0.226 e. The van der Waals surface area contributed by atoms with Crippen LogP contribution in [0, 0.1) is 11.7 Å². The Balaban J connectivity index is 2.04. The number of nitrogens with two attached hydrogens (primary N) is 1. The quantitative estimate of drug-likeness (QED) is 0.676. The van der Waals surface area contributed by atoms with Gasteiger partial charge in [0.2, 0.25) is 5.91 Å². The number of primary amides is 1. The van der Waals surface area contributed by atoms with Crippen molar-refractivity contribution in [2.45, 2.75) is 18.8 Å². The molecule has 0 heterocycles. The highest BCUT2D eigenvalue weighted by molar-refractivity contribution is 6.32. The maximum atomic E-state index is 13.8. The number of hydrogen-bond acceptors (Lipinski definition) is 2. The molecule has 3 N–H and O–H groups in total. The number of hydrogen-bond donors (Lipinski definition) is 2. The molecule has 1 saturated carbocycles. The molecular formula is C13H18BFN2O. The summed E-state index contributed by atoms with van der Waals surface area (Å²) in [6.07, 6.45) is 2.49. The van der Waals surface area contributed by atoms with E-state index in [1.54, 1.807) is 12.1 Å². The van der Waals surface area contributed by atoms with Gasteiger partial charge in [-0.2, -0.15) is 0 Å². The van der Waals surface area contributed by atoms with E-state index in [0.717, 1.165) is 17.9 Å². The molecule has 1 aromatic carbocycles. The predicted molar refractivity (Wildman–Crippen MR) is 72.1 cm³/mol. The number of halogens is 1. The van der Waals surface area contributed by atoms with Gasteiger partial charge in [0, 0.05) is 12.1 Å². The van der Waals surface area contributed by atoms with Crippen LogP contribution in [0.3, 0.4) is 0 Å².